The first-order valence-electron chi connectivity index (χ1n) is 3.10. The average molecular weight is 110 g/mol. The highest BCUT2D eigenvalue weighted by molar-refractivity contribution is 4.98. The highest BCUT2D eigenvalue weighted by atomic mass is 13.9. The van der Waals surface area contributed by atoms with Gasteiger partial charge in [-0.05, 0) is 5.92 Å². The predicted molar refractivity (Wildman–Crippen MR) is 38.8 cm³/mol. The molecule has 0 aromatic heterocycles. The first-order chi connectivity index (χ1) is 3.81. The summed E-state index contributed by atoms with van der Waals surface area (Å²) in [6.45, 7) is 7.95. The maximum Gasteiger partial charge on any atom is -0.0261 e. The van der Waals surface area contributed by atoms with Gasteiger partial charge < -0.3 is 0 Å². The zero-order valence-corrected chi connectivity index (χ0v) is 5.72. The summed E-state index contributed by atoms with van der Waals surface area (Å²) in [5, 5.41) is 0. The quantitative estimate of drug-likeness (QED) is 0.490. The molecule has 0 aliphatic heterocycles. The molecular weight excluding hydrogens is 96.1 g/mol. The van der Waals surface area contributed by atoms with E-state index in [0.29, 0.717) is 5.92 Å². The van der Waals surface area contributed by atoms with Gasteiger partial charge in [-0.3, -0.25) is 0 Å². The molecule has 0 heteroatoms. The molecule has 8 heavy (non-hydrogen) atoms. The summed E-state index contributed by atoms with van der Waals surface area (Å²) in [5.74, 6) is 0.702. The molecule has 0 nitrogen and oxygen atoms in total. The Morgan fingerprint density at radius 1 is 1.62 bits per heavy atom. The first kappa shape index (κ1) is 7.48. The van der Waals surface area contributed by atoms with Gasteiger partial charge in [-0.2, -0.15) is 0 Å². The standard InChI is InChI=1S/C8H14/c1-4-6-7-8(3)5-2/h4,6-8H,1,5H2,2-3H3/b7-6-/t8-/m1/s1. The fraction of sp³-hybridized carbons (Fsp3) is 0.500. The molecule has 0 fully saturated rings. The topological polar surface area (TPSA) is 0 Å². The van der Waals surface area contributed by atoms with Crippen LogP contribution in [0.25, 0.3) is 0 Å². The molecule has 0 rings (SSSR count). The van der Waals surface area contributed by atoms with E-state index in [9.17, 15) is 0 Å². The molecule has 0 spiro atoms. The second-order valence-corrected chi connectivity index (χ2v) is 2.01. The third-order valence-corrected chi connectivity index (χ3v) is 1.22. The molecule has 0 saturated heterocycles. The van der Waals surface area contributed by atoms with E-state index in [0.717, 1.165) is 0 Å². The number of rotatable bonds is 3. The predicted octanol–water partition coefficient (Wildman–Crippen LogP) is 2.77. The van der Waals surface area contributed by atoms with Gasteiger partial charge in [-0.15, -0.1) is 0 Å². The van der Waals surface area contributed by atoms with Crippen molar-refractivity contribution in [1.29, 1.82) is 0 Å². The molecule has 1 atom stereocenters. The molecule has 0 amide bonds. The smallest absolute Gasteiger partial charge is 0.0261 e. The zero-order valence-electron chi connectivity index (χ0n) is 5.72. The van der Waals surface area contributed by atoms with Crippen LogP contribution in [0, 0.1) is 5.92 Å². The van der Waals surface area contributed by atoms with Crippen LogP contribution in [-0.4, -0.2) is 0 Å². The van der Waals surface area contributed by atoms with Crippen molar-refractivity contribution in [1.82, 2.24) is 0 Å². The molecule has 0 heterocycles. The van der Waals surface area contributed by atoms with Crippen molar-refractivity contribution < 1.29 is 0 Å². The van der Waals surface area contributed by atoms with Gasteiger partial charge in [0.05, 0.1) is 0 Å². The van der Waals surface area contributed by atoms with E-state index in [1.807, 2.05) is 12.2 Å². The third-order valence-electron chi connectivity index (χ3n) is 1.22. The largest absolute Gasteiger partial charge is 0.0991 e. The SMILES string of the molecule is C=C/C=C\[C@H](C)CC. The van der Waals surface area contributed by atoms with Gasteiger partial charge in [-0.25, -0.2) is 0 Å². The number of allylic oxidation sites excluding steroid dienone is 3. The molecule has 0 N–H and O–H groups in total. The van der Waals surface area contributed by atoms with Crippen molar-refractivity contribution in [3.05, 3.63) is 24.8 Å². The van der Waals surface area contributed by atoms with E-state index < -0.39 is 0 Å². The average Bonchev–Trinajstić information content (AvgIpc) is 1.83. The molecule has 0 bridgehead atoms. The third kappa shape index (κ3) is 3.66. The Balaban J connectivity index is 3.35. The molecular formula is C8H14. The summed E-state index contributed by atoms with van der Waals surface area (Å²) >= 11 is 0. The van der Waals surface area contributed by atoms with Crippen LogP contribution in [0.15, 0.2) is 24.8 Å². The van der Waals surface area contributed by atoms with Crippen LogP contribution in [0.2, 0.25) is 0 Å². The van der Waals surface area contributed by atoms with Crippen LogP contribution in [0.3, 0.4) is 0 Å². The van der Waals surface area contributed by atoms with Crippen LogP contribution < -0.4 is 0 Å². The number of hydrogen-bond donors (Lipinski definition) is 0. The monoisotopic (exact) mass is 110 g/mol. The second-order valence-electron chi connectivity index (χ2n) is 2.01. The van der Waals surface area contributed by atoms with Crippen molar-refractivity contribution in [2.45, 2.75) is 20.3 Å². The van der Waals surface area contributed by atoms with E-state index >= 15 is 0 Å². The molecule has 0 saturated carbocycles. The Kier molecular flexibility index (Phi) is 4.33. The lowest BCUT2D eigenvalue weighted by atomic mass is 10.1. The van der Waals surface area contributed by atoms with Crippen LogP contribution in [0.4, 0.5) is 0 Å². The van der Waals surface area contributed by atoms with Gasteiger partial charge in [0.1, 0.15) is 0 Å². The maximum atomic E-state index is 3.58. The summed E-state index contributed by atoms with van der Waals surface area (Å²) in [5.41, 5.74) is 0. The van der Waals surface area contributed by atoms with E-state index in [2.05, 4.69) is 26.5 Å². The minimum absolute atomic E-state index is 0.702. The van der Waals surface area contributed by atoms with Gasteiger partial charge in [0.2, 0.25) is 0 Å². The zero-order chi connectivity index (χ0) is 6.41. The second kappa shape index (κ2) is 4.63. The lowest BCUT2D eigenvalue weighted by molar-refractivity contribution is 0.698. The van der Waals surface area contributed by atoms with Gasteiger partial charge >= 0.3 is 0 Å². The molecule has 0 aliphatic rings. The Labute approximate surface area is 51.9 Å². The van der Waals surface area contributed by atoms with E-state index in [4.69, 9.17) is 0 Å². The molecule has 0 unspecified atom stereocenters. The van der Waals surface area contributed by atoms with Crippen molar-refractivity contribution in [3.63, 3.8) is 0 Å². The van der Waals surface area contributed by atoms with Crippen LogP contribution >= 0.6 is 0 Å². The van der Waals surface area contributed by atoms with Crippen LogP contribution in [0.5, 0.6) is 0 Å². The normalized spacial score (nSPS) is 14.2. The Hall–Kier alpha value is -0.520. The van der Waals surface area contributed by atoms with E-state index in [-0.39, 0.29) is 0 Å². The van der Waals surface area contributed by atoms with E-state index in [1.54, 1.807) is 0 Å². The summed E-state index contributed by atoms with van der Waals surface area (Å²) in [7, 11) is 0. The molecule has 0 aliphatic carbocycles. The van der Waals surface area contributed by atoms with Crippen molar-refractivity contribution in [2.75, 3.05) is 0 Å². The van der Waals surface area contributed by atoms with Crippen molar-refractivity contribution in [2.24, 2.45) is 5.92 Å². The number of hydrogen-bond acceptors (Lipinski definition) is 0. The fourth-order valence-electron chi connectivity index (χ4n) is 0.404. The van der Waals surface area contributed by atoms with Gasteiger partial charge in [0.15, 0.2) is 0 Å². The first-order valence-corrected chi connectivity index (χ1v) is 3.10. The van der Waals surface area contributed by atoms with Crippen molar-refractivity contribution >= 4 is 0 Å². The molecule has 46 valence electrons. The van der Waals surface area contributed by atoms with Gasteiger partial charge in [0.25, 0.3) is 0 Å². The Bertz CT molecular complexity index is 80.0. The molecule has 0 aromatic carbocycles. The minimum atomic E-state index is 0.702. The summed E-state index contributed by atoms with van der Waals surface area (Å²) < 4.78 is 0. The van der Waals surface area contributed by atoms with E-state index in [1.165, 1.54) is 6.42 Å². The Morgan fingerprint density at radius 3 is 2.62 bits per heavy atom. The summed E-state index contributed by atoms with van der Waals surface area (Å²) in [4.78, 5) is 0. The summed E-state index contributed by atoms with van der Waals surface area (Å²) in [6, 6.07) is 0. The highest BCUT2D eigenvalue weighted by Gasteiger charge is 1.86. The highest BCUT2D eigenvalue weighted by Crippen LogP contribution is 2.00. The van der Waals surface area contributed by atoms with Crippen LogP contribution in [0.1, 0.15) is 20.3 Å². The lowest BCUT2D eigenvalue weighted by Gasteiger charge is -1.95. The Morgan fingerprint density at radius 2 is 2.25 bits per heavy atom. The maximum absolute atomic E-state index is 3.58. The fourth-order valence-corrected chi connectivity index (χ4v) is 0.404. The van der Waals surface area contributed by atoms with Crippen molar-refractivity contribution in [3.8, 4) is 0 Å². The molecule has 0 radical (unpaired) electrons. The van der Waals surface area contributed by atoms with Crippen LogP contribution in [-0.2, 0) is 0 Å². The van der Waals surface area contributed by atoms with Gasteiger partial charge in [-0.1, -0.05) is 45.1 Å². The summed E-state index contributed by atoms with van der Waals surface area (Å²) in [6.07, 6.45) is 7.18. The van der Waals surface area contributed by atoms with Gasteiger partial charge in [0, 0.05) is 0 Å². The lowest BCUT2D eigenvalue weighted by Crippen LogP contribution is -1.82. The molecule has 0 aromatic rings. The minimum Gasteiger partial charge on any atom is -0.0991 e.